The Morgan fingerprint density at radius 1 is 1.24 bits per heavy atom. The maximum Gasteiger partial charge on any atom is 0.146 e. The minimum absolute atomic E-state index is 0.829. The van der Waals surface area contributed by atoms with Gasteiger partial charge in [0.25, 0.3) is 0 Å². The van der Waals surface area contributed by atoms with Crippen LogP contribution in [0.25, 0.3) is 16.9 Å². The molecule has 0 fully saturated rings. The Morgan fingerprint density at radius 2 is 2.18 bits per heavy atom. The highest BCUT2D eigenvalue weighted by Gasteiger charge is 2.06. The summed E-state index contributed by atoms with van der Waals surface area (Å²) in [7, 11) is 1.66. The first-order valence-electron chi connectivity index (χ1n) is 5.30. The van der Waals surface area contributed by atoms with E-state index in [1.165, 1.54) is 0 Å². The first-order valence-corrected chi connectivity index (χ1v) is 5.30. The molecule has 0 unspecified atom stereocenters. The molecule has 0 atom stereocenters. The summed E-state index contributed by atoms with van der Waals surface area (Å²) in [4.78, 5) is 8.51. The molecule has 3 heterocycles. The molecule has 17 heavy (non-hydrogen) atoms. The molecule has 0 aromatic carbocycles. The summed E-state index contributed by atoms with van der Waals surface area (Å²) in [5.74, 6) is 1.71. The van der Waals surface area contributed by atoms with Crippen molar-refractivity contribution in [1.29, 1.82) is 0 Å². The number of rotatable bonds is 2. The molecular formula is C13H11N3O. The van der Waals surface area contributed by atoms with Gasteiger partial charge in [0, 0.05) is 30.2 Å². The molecule has 3 aromatic heterocycles. The van der Waals surface area contributed by atoms with E-state index in [9.17, 15) is 0 Å². The molecule has 0 bridgehead atoms. The van der Waals surface area contributed by atoms with Crippen LogP contribution in [0.1, 0.15) is 0 Å². The molecule has 4 heteroatoms. The Morgan fingerprint density at radius 3 is 2.94 bits per heavy atom. The zero-order valence-electron chi connectivity index (χ0n) is 9.37. The van der Waals surface area contributed by atoms with Gasteiger partial charge in [-0.25, -0.2) is 4.98 Å². The summed E-state index contributed by atoms with van der Waals surface area (Å²) < 4.78 is 7.20. The Hall–Kier alpha value is -2.36. The van der Waals surface area contributed by atoms with Crippen molar-refractivity contribution in [3.63, 3.8) is 0 Å². The third-order valence-corrected chi connectivity index (χ3v) is 2.66. The summed E-state index contributed by atoms with van der Waals surface area (Å²) in [6, 6.07) is 7.76. The zero-order chi connectivity index (χ0) is 11.7. The Bertz CT molecular complexity index is 646. The van der Waals surface area contributed by atoms with E-state index < -0.39 is 0 Å². The molecule has 3 aromatic rings. The Balaban J connectivity index is 2.19. The highest BCUT2D eigenvalue weighted by atomic mass is 16.5. The quantitative estimate of drug-likeness (QED) is 0.672. The summed E-state index contributed by atoms with van der Waals surface area (Å²) in [6.07, 6.45) is 7.33. The summed E-state index contributed by atoms with van der Waals surface area (Å²) in [5.41, 5.74) is 2.00. The van der Waals surface area contributed by atoms with Gasteiger partial charge >= 0.3 is 0 Å². The van der Waals surface area contributed by atoms with Crippen LogP contribution in [-0.2, 0) is 0 Å². The van der Waals surface area contributed by atoms with Crippen LogP contribution in [0.5, 0.6) is 5.75 Å². The van der Waals surface area contributed by atoms with Gasteiger partial charge in [-0.1, -0.05) is 0 Å². The maximum atomic E-state index is 5.18. The number of imidazole rings is 1. The second-order valence-electron chi connectivity index (χ2n) is 3.68. The molecule has 0 spiro atoms. The molecule has 0 amide bonds. The predicted octanol–water partition coefficient (Wildman–Crippen LogP) is 2.40. The molecule has 0 saturated heterocycles. The zero-order valence-corrected chi connectivity index (χ0v) is 9.37. The lowest BCUT2D eigenvalue weighted by molar-refractivity contribution is 0.414. The van der Waals surface area contributed by atoms with Gasteiger partial charge in [-0.15, -0.1) is 0 Å². The fraction of sp³-hybridized carbons (Fsp3) is 0.0769. The summed E-state index contributed by atoms with van der Waals surface area (Å²) >= 11 is 0. The van der Waals surface area contributed by atoms with Crippen molar-refractivity contribution < 1.29 is 4.74 Å². The highest BCUT2D eigenvalue weighted by Crippen LogP contribution is 2.21. The smallest absolute Gasteiger partial charge is 0.146 e. The van der Waals surface area contributed by atoms with E-state index in [1.54, 1.807) is 19.5 Å². The lowest BCUT2D eigenvalue weighted by atomic mass is 10.3. The van der Waals surface area contributed by atoms with E-state index >= 15 is 0 Å². The lowest BCUT2D eigenvalue weighted by Gasteiger charge is -2.03. The molecule has 0 aliphatic carbocycles. The van der Waals surface area contributed by atoms with E-state index in [2.05, 4.69) is 9.97 Å². The van der Waals surface area contributed by atoms with Crippen molar-refractivity contribution in [1.82, 2.24) is 14.4 Å². The standard InChI is InChI=1S/C13H11N3O/c1-17-12-4-6-16-11(7-12)9-15-13(16)10-3-2-5-14-8-10/h2-9H,1H3. The first kappa shape index (κ1) is 9.84. The number of fused-ring (bicyclic) bond motifs is 1. The van der Waals surface area contributed by atoms with Crippen molar-refractivity contribution in [3.05, 3.63) is 49.1 Å². The van der Waals surface area contributed by atoms with E-state index in [0.29, 0.717) is 0 Å². The van der Waals surface area contributed by atoms with Gasteiger partial charge in [0.1, 0.15) is 11.6 Å². The number of methoxy groups -OCH3 is 1. The highest BCUT2D eigenvalue weighted by molar-refractivity contribution is 5.62. The molecule has 0 aliphatic heterocycles. The average molecular weight is 225 g/mol. The minimum Gasteiger partial charge on any atom is -0.497 e. The second kappa shape index (κ2) is 3.90. The number of hydrogen-bond acceptors (Lipinski definition) is 3. The molecule has 0 N–H and O–H groups in total. The Labute approximate surface area is 98.5 Å². The largest absolute Gasteiger partial charge is 0.497 e. The summed E-state index contributed by atoms with van der Waals surface area (Å²) in [6.45, 7) is 0. The van der Waals surface area contributed by atoms with Gasteiger partial charge in [-0.05, 0) is 18.2 Å². The van der Waals surface area contributed by atoms with Gasteiger partial charge < -0.3 is 4.74 Å². The van der Waals surface area contributed by atoms with Gasteiger partial charge in [-0.2, -0.15) is 0 Å². The second-order valence-corrected chi connectivity index (χ2v) is 3.68. The van der Waals surface area contributed by atoms with E-state index in [-0.39, 0.29) is 0 Å². The van der Waals surface area contributed by atoms with E-state index in [0.717, 1.165) is 22.7 Å². The van der Waals surface area contributed by atoms with Crippen LogP contribution < -0.4 is 4.74 Å². The molecule has 0 saturated carbocycles. The molecular weight excluding hydrogens is 214 g/mol. The van der Waals surface area contributed by atoms with Gasteiger partial charge in [0.15, 0.2) is 0 Å². The average Bonchev–Trinajstić information content (AvgIpc) is 2.82. The van der Waals surface area contributed by atoms with Crippen LogP contribution in [0.4, 0.5) is 0 Å². The molecule has 0 radical (unpaired) electrons. The summed E-state index contributed by atoms with van der Waals surface area (Å²) in [5, 5.41) is 0. The van der Waals surface area contributed by atoms with E-state index in [1.807, 2.05) is 41.1 Å². The van der Waals surface area contributed by atoms with Crippen molar-refractivity contribution in [2.24, 2.45) is 0 Å². The van der Waals surface area contributed by atoms with Gasteiger partial charge in [0.05, 0.1) is 18.8 Å². The van der Waals surface area contributed by atoms with Crippen molar-refractivity contribution in [2.45, 2.75) is 0 Å². The minimum atomic E-state index is 0.829. The van der Waals surface area contributed by atoms with Crippen LogP contribution >= 0.6 is 0 Å². The van der Waals surface area contributed by atoms with Crippen LogP contribution in [0.15, 0.2) is 49.1 Å². The van der Waals surface area contributed by atoms with E-state index in [4.69, 9.17) is 4.74 Å². The molecule has 3 rings (SSSR count). The Kier molecular flexibility index (Phi) is 2.26. The molecule has 4 nitrogen and oxygen atoms in total. The lowest BCUT2D eigenvalue weighted by Crippen LogP contribution is -1.90. The van der Waals surface area contributed by atoms with Gasteiger partial charge in [0.2, 0.25) is 0 Å². The number of hydrogen-bond donors (Lipinski definition) is 0. The fourth-order valence-corrected chi connectivity index (χ4v) is 1.81. The van der Waals surface area contributed by atoms with Crippen molar-refractivity contribution in [3.8, 4) is 17.1 Å². The number of nitrogens with zero attached hydrogens (tertiary/aromatic N) is 3. The normalized spacial score (nSPS) is 10.6. The van der Waals surface area contributed by atoms with Crippen molar-refractivity contribution in [2.75, 3.05) is 7.11 Å². The van der Waals surface area contributed by atoms with Crippen LogP contribution in [0.2, 0.25) is 0 Å². The number of aromatic nitrogens is 3. The van der Waals surface area contributed by atoms with Gasteiger partial charge in [-0.3, -0.25) is 9.38 Å². The SMILES string of the molecule is COc1ccn2c(-c3cccnc3)ncc2c1. The number of ether oxygens (including phenoxy) is 1. The van der Waals surface area contributed by atoms with Crippen LogP contribution in [-0.4, -0.2) is 21.5 Å². The van der Waals surface area contributed by atoms with Crippen LogP contribution in [0, 0.1) is 0 Å². The first-order chi connectivity index (χ1) is 8.38. The van der Waals surface area contributed by atoms with Crippen molar-refractivity contribution >= 4 is 5.52 Å². The third kappa shape index (κ3) is 1.63. The predicted molar refractivity (Wildman–Crippen MR) is 65.0 cm³/mol. The maximum absolute atomic E-state index is 5.18. The monoisotopic (exact) mass is 225 g/mol. The molecule has 84 valence electrons. The third-order valence-electron chi connectivity index (χ3n) is 2.66. The topological polar surface area (TPSA) is 39.4 Å². The fourth-order valence-electron chi connectivity index (χ4n) is 1.81. The molecule has 0 aliphatic rings. The van der Waals surface area contributed by atoms with Crippen LogP contribution in [0.3, 0.4) is 0 Å². The number of pyridine rings is 2.